The average molecular weight is 304 g/mol. The Bertz CT molecular complexity index is 692. The van der Waals surface area contributed by atoms with E-state index >= 15 is 0 Å². The van der Waals surface area contributed by atoms with E-state index in [0.29, 0.717) is 16.9 Å². The van der Waals surface area contributed by atoms with Crippen molar-refractivity contribution in [1.29, 1.82) is 0 Å². The van der Waals surface area contributed by atoms with Gasteiger partial charge in [0.05, 0.1) is 10.6 Å². The molecule has 6 heteroatoms. The first-order chi connectivity index (χ1) is 9.88. The summed E-state index contributed by atoms with van der Waals surface area (Å²) in [5, 5.41) is 14.3. The highest BCUT2D eigenvalue weighted by atomic mass is 32.1. The van der Waals surface area contributed by atoms with Crippen LogP contribution in [-0.4, -0.2) is 22.0 Å². The van der Waals surface area contributed by atoms with Crippen LogP contribution in [0.1, 0.15) is 51.2 Å². The van der Waals surface area contributed by atoms with Crippen molar-refractivity contribution in [1.82, 2.24) is 4.98 Å². The lowest BCUT2D eigenvalue weighted by Gasteiger charge is -2.06. The number of carboxylic acid groups (broad SMARTS) is 1. The van der Waals surface area contributed by atoms with Gasteiger partial charge >= 0.3 is 5.97 Å². The zero-order valence-electron chi connectivity index (χ0n) is 12.0. The van der Waals surface area contributed by atoms with Crippen LogP contribution in [0.3, 0.4) is 0 Å². The fourth-order valence-electron chi connectivity index (χ4n) is 1.83. The SMILES string of the molecule is Cc1cc(NC(=O)c2csc(C(C)C)n2)ccc1C(=O)O. The van der Waals surface area contributed by atoms with Crippen molar-refractivity contribution < 1.29 is 14.7 Å². The number of thiazole rings is 1. The lowest BCUT2D eigenvalue weighted by Crippen LogP contribution is -2.13. The van der Waals surface area contributed by atoms with Crippen molar-refractivity contribution >= 4 is 28.9 Å². The van der Waals surface area contributed by atoms with Crippen LogP contribution in [0.2, 0.25) is 0 Å². The molecule has 0 saturated carbocycles. The van der Waals surface area contributed by atoms with E-state index in [1.54, 1.807) is 24.4 Å². The Morgan fingerprint density at radius 1 is 1.33 bits per heavy atom. The van der Waals surface area contributed by atoms with Crippen LogP contribution >= 0.6 is 11.3 Å². The highest BCUT2D eigenvalue weighted by Gasteiger charge is 2.14. The Morgan fingerprint density at radius 2 is 2.05 bits per heavy atom. The van der Waals surface area contributed by atoms with E-state index in [1.165, 1.54) is 17.4 Å². The molecule has 0 radical (unpaired) electrons. The molecule has 0 atom stereocenters. The molecule has 0 spiro atoms. The van der Waals surface area contributed by atoms with Gasteiger partial charge in [0.1, 0.15) is 5.69 Å². The third kappa shape index (κ3) is 3.46. The zero-order chi connectivity index (χ0) is 15.6. The summed E-state index contributed by atoms with van der Waals surface area (Å²) in [6.07, 6.45) is 0. The Kier molecular flexibility index (Phi) is 4.37. The summed E-state index contributed by atoms with van der Waals surface area (Å²) in [7, 11) is 0. The van der Waals surface area contributed by atoms with Gasteiger partial charge in [-0.15, -0.1) is 11.3 Å². The van der Waals surface area contributed by atoms with Crippen LogP contribution in [0, 0.1) is 6.92 Å². The number of carboxylic acids is 1. The molecule has 5 nitrogen and oxygen atoms in total. The number of nitrogens with one attached hydrogen (secondary N) is 1. The molecule has 0 aliphatic rings. The standard InChI is InChI=1S/C15H16N2O3S/c1-8(2)14-17-12(7-21-14)13(18)16-10-4-5-11(15(19)20)9(3)6-10/h4-8H,1-3H3,(H,16,18)(H,19,20). The molecule has 0 aliphatic carbocycles. The van der Waals surface area contributed by atoms with Gasteiger partial charge in [0, 0.05) is 17.0 Å². The van der Waals surface area contributed by atoms with Crippen molar-refractivity contribution in [2.45, 2.75) is 26.7 Å². The fourth-order valence-corrected chi connectivity index (χ4v) is 2.65. The minimum absolute atomic E-state index is 0.226. The Labute approximate surface area is 126 Å². The van der Waals surface area contributed by atoms with Crippen LogP contribution in [0.25, 0.3) is 0 Å². The van der Waals surface area contributed by atoms with Gasteiger partial charge in [0.2, 0.25) is 0 Å². The van der Waals surface area contributed by atoms with Gasteiger partial charge < -0.3 is 10.4 Å². The number of carbonyl (C=O) groups is 2. The molecule has 0 fully saturated rings. The molecule has 1 aromatic carbocycles. The van der Waals surface area contributed by atoms with E-state index in [4.69, 9.17) is 5.11 Å². The quantitative estimate of drug-likeness (QED) is 0.905. The van der Waals surface area contributed by atoms with Gasteiger partial charge in [0.25, 0.3) is 5.91 Å². The highest BCUT2D eigenvalue weighted by molar-refractivity contribution is 7.09. The number of aromatic carboxylic acids is 1. The summed E-state index contributed by atoms with van der Waals surface area (Å²) in [5.74, 6) is -0.985. The summed E-state index contributed by atoms with van der Waals surface area (Å²) in [5.41, 5.74) is 1.76. The molecule has 0 aliphatic heterocycles. The second-order valence-electron chi connectivity index (χ2n) is 5.01. The first kappa shape index (κ1) is 15.2. The Balaban J connectivity index is 2.15. The van der Waals surface area contributed by atoms with Crippen molar-refractivity contribution in [3.63, 3.8) is 0 Å². The number of aryl methyl sites for hydroxylation is 1. The first-order valence-electron chi connectivity index (χ1n) is 6.49. The number of aromatic nitrogens is 1. The lowest BCUT2D eigenvalue weighted by molar-refractivity contribution is 0.0696. The molecule has 1 amide bonds. The molecular formula is C15H16N2O3S. The summed E-state index contributed by atoms with van der Waals surface area (Å²) in [6.45, 7) is 5.74. The number of carbonyl (C=O) groups excluding carboxylic acids is 1. The number of hydrogen-bond acceptors (Lipinski definition) is 4. The summed E-state index contributed by atoms with van der Waals surface area (Å²) >= 11 is 1.46. The molecule has 2 rings (SSSR count). The zero-order valence-corrected chi connectivity index (χ0v) is 12.8. The molecule has 2 aromatic rings. The smallest absolute Gasteiger partial charge is 0.335 e. The number of hydrogen-bond donors (Lipinski definition) is 2. The van der Waals surface area contributed by atoms with E-state index in [9.17, 15) is 9.59 Å². The van der Waals surface area contributed by atoms with E-state index in [0.717, 1.165) is 5.01 Å². The molecule has 0 saturated heterocycles. The minimum Gasteiger partial charge on any atom is -0.478 e. The molecule has 0 unspecified atom stereocenters. The average Bonchev–Trinajstić information content (AvgIpc) is 2.88. The summed E-state index contributed by atoms with van der Waals surface area (Å²) in [6, 6.07) is 4.69. The maximum absolute atomic E-state index is 12.1. The number of anilines is 1. The Morgan fingerprint density at radius 3 is 2.57 bits per heavy atom. The first-order valence-corrected chi connectivity index (χ1v) is 7.37. The van der Waals surface area contributed by atoms with Crippen LogP contribution in [0.15, 0.2) is 23.6 Å². The molecule has 1 aromatic heterocycles. The predicted octanol–water partition coefficient (Wildman–Crippen LogP) is 3.53. The van der Waals surface area contributed by atoms with E-state index in [2.05, 4.69) is 10.3 Å². The summed E-state index contributed by atoms with van der Waals surface area (Å²) in [4.78, 5) is 27.3. The van der Waals surface area contributed by atoms with Gasteiger partial charge in [-0.3, -0.25) is 4.79 Å². The molecule has 1 heterocycles. The van der Waals surface area contributed by atoms with Crippen LogP contribution < -0.4 is 5.32 Å². The lowest BCUT2D eigenvalue weighted by atomic mass is 10.1. The van der Waals surface area contributed by atoms with Gasteiger partial charge in [-0.2, -0.15) is 0 Å². The second-order valence-corrected chi connectivity index (χ2v) is 5.90. The van der Waals surface area contributed by atoms with Crippen LogP contribution in [-0.2, 0) is 0 Å². The van der Waals surface area contributed by atoms with Crippen LogP contribution in [0.5, 0.6) is 0 Å². The maximum atomic E-state index is 12.1. The molecule has 21 heavy (non-hydrogen) atoms. The van der Waals surface area contributed by atoms with Crippen molar-refractivity contribution in [3.05, 3.63) is 45.4 Å². The van der Waals surface area contributed by atoms with Gasteiger partial charge in [-0.05, 0) is 30.7 Å². The highest BCUT2D eigenvalue weighted by Crippen LogP contribution is 2.20. The molecule has 110 valence electrons. The molecule has 2 N–H and O–H groups in total. The topological polar surface area (TPSA) is 79.3 Å². The number of nitrogens with zero attached hydrogens (tertiary/aromatic N) is 1. The largest absolute Gasteiger partial charge is 0.478 e. The monoisotopic (exact) mass is 304 g/mol. The van der Waals surface area contributed by atoms with Crippen LogP contribution in [0.4, 0.5) is 5.69 Å². The third-order valence-electron chi connectivity index (χ3n) is 2.96. The summed E-state index contributed by atoms with van der Waals surface area (Å²) < 4.78 is 0. The van der Waals surface area contributed by atoms with Crippen molar-refractivity contribution in [3.8, 4) is 0 Å². The molecule has 0 bridgehead atoms. The number of amides is 1. The number of benzene rings is 1. The third-order valence-corrected chi connectivity index (χ3v) is 4.11. The van der Waals surface area contributed by atoms with Crippen molar-refractivity contribution in [2.24, 2.45) is 0 Å². The second kappa shape index (κ2) is 6.05. The Hall–Kier alpha value is -2.21. The van der Waals surface area contributed by atoms with Gasteiger partial charge in [-0.25, -0.2) is 9.78 Å². The van der Waals surface area contributed by atoms with Gasteiger partial charge in [0.15, 0.2) is 0 Å². The fraction of sp³-hybridized carbons (Fsp3) is 0.267. The van der Waals surface area contributed by atoms with Gasteiger partial charge in [-0.1, -0.05) is 13.8 Å². The predicted molar refractivity (Wildman–Crippen MR) is 82.3 cm³/mol. The van der Waals surface area contributed by atoms with E-state index in [-0.39, 0.29) is 17.4 Å². The normalized spacial score (nSPS) is 10.7. The number of rotatable bonds is 4. The molecular weight excluding hydrogens is 288 g/mol. The van der Waals surface area contributed by atoms with E-state index in [1.807, 2.05) is 13.8 Å². The van der Waals surface area contributed by atoms with E-state index < -0.39 is 5.97 Å². The minimum atomic E-state index is -0.980. The maximum Gasteiger partial charge on any atom is 0.335 e. The van der Waals surface area contributed by atoms with Crippen molar-refractivity contribution in [2.75, 3.05) is 5.32 Å².